The highest BCUT2D eigenvalue weighted by molar-refractivity contribution is 8.00. The van der Waals surface area contributed by atoms with Gasteiger partial charge in [0, 0.05) is 37.1 Å². The van der Waals surface area contributed by atoms with Crippen molar-refractivity contribution >= 4 is 39.2 Å². The quantitative estimate of drug-likeness (QED) is 0.497. The summed E-state index contributed by atoms with van der Waals surface area (Å²) >= 11 is 3.14. The van der Waals surface area contributed by atoms with Crippen molar-refractivity contribution in [3.63, 3.8) is 0 Å². The molecule has 0 unspecified atom stereocenters. The SMILES string of the molecule is Cc1ccc(-c2csc3ncnc(SCC(=O)N4CCN(C)CC4)c23)cc1. The lowest BCUT2D eigenvalue weighted by Gasteiger charge is -2.32. The molecule has 3 aromatic rings. The number of thioether (sulfide) groups is 1. The highest BCUT2D eigenvalue weighted by Crippen LogP contribution is 2.37. The third-order valence-electron chi connectivity index (χ3n) is 4.89. The van der Waals surface area contributed by atoms with E-state index < -0.39 is 0 Å². The lowest BCUT2D eigenvalue weighted by Crippen LogP contribution is -2.47. The molecule has 0 N–H and O–H groups in total. The van der Waals surface area contributed by atoms with Gasteiger partial charge in [-0.05, 0) is 19.5 Å². The van der Waals surface area contributed by atoms with Crippen LogP contribution in [0.3, 0.4) is 0 Å². The molecule has 1 aliphatic rings. The zero-order chi connectivity index (χ0) is 18.8. The molecule has 3 heterocycles. The average molecular weight is 399 g/mol. The zero-order valence-corrected chi connectivity index (χ0v) is 17.1. The van der Waals surface area contributed by atoms with E-state index in [2.05, 4.69) is 58.5 Å². The number of carbonyl (C=O) groups is 1. The summed E-state index contributed by atoms with van der Waals surface area (Å²) in [6.07, 6.45) is 1.60. The molecule has 1 saturated heterocycles. The van der Waals surface area contributed by atoms with Crippen molar-refractivity contribution in [2.24, 2.45) is 0 Å². The van der Waals surface area contributed by atoms with E-state index in [1.54, 1.807) is 17.7 Å². The van der Waals surface area contributed by atoms with Crippen LogP contribution in [0.15, 0.2) is 41.0 Å². The third kappa shape index (κ3) is 4.00. The highest BCUT2D eigenvalue weighted by Gasteiger charge is 2.20. The maximum atomic E-state index is 12.6. The Hall–Kier alpha value is -1.96. The van der Waals surface area contributed by atoms with Gasteiger partial charge in [-0.1, -0.05) is 41.6 Å². The molecule has 27 heavy (non-hydrogen) atoms. The van der Waals surface area contributed by atoms with Gasteiger partial charge in [0.05, 0.1) is 11.1 Å². The van der Waals surface area contributed by atoms with E-state index in [9.17, 15) is 4.79 Å². The fourth-order valence-electron chi connectivity index (χ4n) is 3.18. The number of amides is 1. The van der Waals surface area contributed by atoms with Crippen LogP contribution in [0.5, 0.6) is 0 Å². The summed E-state index contributed by atoms with van der Waals surface area (Å²) in [4.78, 5) is 26.7. The first-order valence-corrected chi connectivity index (χ1v) is 10.9. The summed E-state index contributed by atoms with van der Waals surface area (Å²) in [6.45, 7) is 5.58. The van der Waals surface area contributed by atoms with Crippen LogP contribution in [-0.2, 0) is 4.79 Å². The van der Waals surface area contributed by atoms with E-state index in [-0.39, 0.29) is 5.91 Å². The fourth-order valence-corrected chi connectivity index (χ4v) is 5.08. The number of piperazine rings is 1. The van der Waals surface area contributed by atoms with Crippen molar-refractivity contribution in [1.29, 1.82) is 0 Å². The van der Waals surface area contributed by atoms with Crippen LogP contribution in [0.1, 0.15) is 5.56 Å². The van der Waals surface area contributed by atoms with Gasteiger partial charge < -0.3 is 9.80 Å². The summed E-state index contributed by atoms with van der Waals surface area (Å²) in [6, 6.07) is 8.50. The first kappa shape index (κ1) is 18.4. The molecule has 0 aliphatic carbocycles. The number of fused-ring (bicyclic) bond motifs is 1. The van der Waals surface area contributed by atoms with Crippen molar-refractivity contribution in [2.75, 3.05) is 39.0 Å². The Bertz CT molecular complexity index is 946. The van der Waals surface area contributed by atoms with Gasteiger partial charge in [0.1, 0.15) is 16.2 Å². The van der Waals surface area contributed by atoms with Crippen LogP contribution >= 0.6 is 23.1 Å². The van der Waals surface area contributed by atoms with Gasteiger partial charge in [0.25, 0.3) is 0 Å². The van der Waals surface area contributed by atoms with Gasteiger partial charge in [-0.15, -0.1) is 11.3 Å². The lowest BCUT2D eigenvalue weighted by atomic mass is 10.1. The van der Waals surface area contributed by atoms with Gasteiger partial charge in [-0.3, -0.25) is 4.79 Å². The highest BCUT2D eigenvalue weighted by atomic mass is 32.2. The molecular weight excluding hydrogens is 376 g/mol. The minimum atomic E-state index is 0.187. The standard InChI is InChI=1S/C20H22N4OS2/c1-14-3-5-15(6-4-14)16-11-26-19-18(16)20(22-13-21-19)27-12-17(25)24-9-7-23(2)8-10-24/h3-6,11,13H,7-10,12H2,1-2H3. The second-order valence-corrected chi connectivity index (χ2v) is 8.67. The monoisotopic (exact) mass is 398 g/mol. The number of likely N-dealkylation sites (N-methyl/N-ethyl adjacent to an activating group) is 1. The lowest BCUT2D eigenvalue weighted by molar-refractivity contribution is -0.129. The zero-order valence-electron chi connectivity index (χ0n) is 15.5. The van der Waals surface area contributed by atoms with Gasteiger partial charge in [0.15, 0.2) is 0 Å². The Balaban J connectivity index is 1.56. The summed E-state index contributed by atoms with van der Waals surface area (Å²) < 4.78 is 0. The molecule has 5 nitrogen and oxygen atoms in total. The van der Waals surface area contributed by atoms with Crippen molar-refractivity contribution in [2.45, 2.75) is 11.9 Å². The van der Waals surface area contributed by atoms with Crippen LogP contribution in [0.4, 0.5) is 0 Å². The first-order valence-electron chi connectivity index (χ1n) is 9.00. The van der Waals surface area contributed by atoms with Gasteiger partial charge in [-0.2, -0.15) is 0 Å². The number of aromatic nitrogens is 2. The Morgan fingerprint density at radius 1 is 1.15 bits per heavy atom. The number of thiophene rings is 1. The van der Waals surface area contributed by atoms with Gasteiger partial charge in [0.2, 0.25) is 5.91 Å². The number of hydrogen-bond acceptors (Lipinski definition) is 6. The van der Waals surface area contributed by atoms with Crippen LogP contribution in [0.25, 0.3) is 21.3 Å². The molecule has 1 amide bonds. The van der Waals surface area contributed by atoms with Crippen LogP contribution in [0.2, 0.25) is 0 Å². The second-order valence-electron chi connectivity index (χ2n) is 6.85. The predicted molar refractivity (Wildman–Crippen MR) is 112 cm³/mol. The minimum Gasteiger partial charge on any atom is -0.339 e. The molecule has 140 valence electrons. The smallest absolute Gasteiger partial charge is 0.233 e. The van der Waals surface area contributed by atoms with Crippen LogP contribution in [0, 0.1) is 6.92 Å². The number of rotatable bonds is 4. The fraction of sp³-hybridized carbons (Fsp3) is 0.350. The molecule has 0 atom stereocenters. The first-order chi connectivity index (χ1) is 13.1. The van der Waals surface area contributed by atoms with Gasteiger partial charge >= 0.3 is 0 Å². The summed E-state index contributed by atoms with van der Waals surface area (Å²) in [5, 5.41) is 4.08. The largest absolute Gasteiger partial charge is 0.339 e. The molecule has 0 saturated carbocycles. The molecule has 7 heteroatoms. The number of carbonyl (C=O) groups excluding carboxylic acids is 1. The van der Waals surface area contributed by atoms with Crippen LogP contribution in [-0.4, -0.2) is 64.7 Å². The number of benzene rings is 1. The van der Waals surface area contributed by atoms with E-state index in [1.165, 1.54) is 17.3 Å². The number of nitrogens with zero attached hydrogens (tertiary/aromatic N) is 4. The predicted octanol–water partition coefficient (Wildman–Crippen LogP) is 3.53. The summed E-state index contributed by atoms with van der Waals surface area (Å²) in [7, 11) is 2.09. The van der Waals surface area contributed by atoms with Gasteiger partial charge in [-0.25, -0.2) is 9.97 Å². The van der Waals surface area contributed by atoms with E-state index in [1.807, 2.05) is 4.90 Å². The van der Waals surface area contributed by atoms with Crippen molar-refractivity contribution in [3.8, 4) is 11.1 Å². The van der Waals surface area contributed by atoms with E-state index in [0.29, 0.717) is 5.75 Å². The second kappa shape index (κ2) is 7.96. The molecule has 2 aromatic heterocycles. The van der Waals surface area contributed by atoms with Crippen molar-refractivity contribution < 1.29 is 4.79 Å². The average Bonchev–Trinajstić information content (AvgIpc) is 3.12. The molecule has 4 rings (SSSR count). The Kier molecular flexibility index (Phi) is 5.43. The molecule has 0 spiro atoms. The van der Waals surface area contributed by atoms with Crippen molar-refractivity contribution in [1.82, 2.24) is 19.8 Å². The summed E-state index contributed by atoms with van der Waals surface area (Å²) in [5.74, 6) is 0.603. The Labute approximate surface area is 167 Å². The normalized spacial score (nSPS) is 15.4. The number of aryl methyl sites for hydroxylation is 1. The number of hydrogen-bond donors (Lipinski definition) is 0. The maximum Gasteiger partial charge on any atom is 0.233 e. The molecule has 0 bridgehead atoms. The minimum absolute atomic E-state index is 0.187. The van der Waals surface area contributed by atoms with E-state index in [0.717, 1.165) is 52.5 Å². The van der Waals surface area contributed by atoms with Crippen molar-refractivity contribution in [3.05, 3.63) is 41.5 Å². The topological polar surface area (TPSA) is 49.3 Å². The molecule has 1 aromatic carbocycles. The Morgan fingerprint density at radius 2 is 1.89 bits per heavy atom. The molecule has 1 aliphatic heterocycles. The Morgan fingerprint density at radius 3 is 2.63 bits per heavy atom. The molecule has 0 radical (unpaired) electrons. The van der Waals surface area contributed by atoms with E-state index in [4.69, 9.17) is 0 Å². The van der Waals surface area contributed by atoms with Crippen LogP contribution < -0.4 is 0 Å². The maximum absolute atomic E-state index is 12.6. The molecule has 1 fully saturated rings. The van der Waals surface area contributed by atoms with E-state index >= 15 is 0 Å². The summed E-state index contributed by atoms with van der Waals surface area (Å²) in [5.41, 5.74) is 3.54. The third-order valence-corrected chi connectivity index (χ3v) is 6.75. The molecular formula is C20H22N4OS2.